The fraction of sp³-hybridized carbons (Fsp3) is 0. The maximum absolute atomic E-state index is 10.7. The van der Waals surface area contributed by atoms with E-state index in [1.807, 2.05) is 0 Å². The molecular weight excluding hydrogens is 184 g/mol. The molecule has 0 amide bonds. The zero-order valence-electron chi connectivity index (χ0n) is 7.03. The Morgan fingerprint density at radius 3 is 2.93 bits per heavy atom. The number of aromatic nitrogens is 4. The highest BCUT2D eigenvalue weighted by molar-refractivity contribution is 5.73. The van der Waals surface area contributed by atoms with Gasteiger partial charge in [0.25, 0.3) is 0 Å². The lowest BCUT2D eigenvalue weighted by molar-refractivity contribution is 0.192. The van der Waals surface area contributed by atoms with E-state index in [9.17, 15) is 4.79 Å². The Labute approximate surface area is 78.8 Å². The van der Waals surface area contributed by atoms with Crippen molar-refractivity contribution in [2.75, 3.05) is 0 Å². The Morgan fingerprint density at radius 1 is 1.43 bits per heavy atom. The number of carboxylic acid groups (broad SMARTS) is 1. The van der Waals surface area contributed by atoms with Gasteiger partial charge < -0.3 is 5.11 Å². The Morgan fingerprint density at radius 2 is 2.29 bits per heavy atom. The number of carbonyl (C=O) groups is 1. The summed E-state index contributed by atoms with van der Waals surface area (Å²) in [5.74, 6) is 0. The van der Waals surface area contributed by atoms with Crippen LogP contribution >= 0.6 is 0 Å². The van der Waals surface area contributed by atoms with Crippen LogP contribution in [0.15, 0.2) is 30.6 Å². The Kier molecular flexibility index (Phi) is 1.94. The minimum atomic E-state index is -1.18. The molecule has 0 bridgehead atoms. The van der Waals surface area contributed by atoms with Crippen molar-refractivity contribution in [3.63, 3.8) is 0 Å². The summed E-state index contributed by atoms with van der Waals surface area (Å²) in [6, 6.07) is 5.21. The lowest BCUT2D eigenvalue weighted by atomic mass is 10.3. The third-order valence-corrected chi connectivity index (χ3v) is 1.66. The van der Waals surface area contributed by atoms with E-state index < -0.39 is 6.09 Å². The number of hydrogen-bond acceptors (Lipinski definition) is 4. The highest BCUT2D eigenvalue weighted by Crippen LogP contribution is 2.13. The summed E-state index contributed by atoms with van der Waals surface area (Å²) >= 11 is 0. The van der Waals surface area contributed by atoms with Crippen LogP contribution in [-0.2, 0) is 0 Å². The highest BCUT2D eigenvalue weighted by atomic mass is 16.4. The van der Waals surface area contributed by atoms with Crippen molar-refractivity contribution in [3.05, 3.63) is 30.6 Å². The molecule has 0 fully saturated rings. The smallest absolute Gasteiger partial charge is 0.434 e. The monoisotopic (exact) mass is 190 g/mol. The molecule has 6 nitrogen and oxygen atoms in total. The molecule has 2 aromatic rings. The van der Waals surface area contributed by atoms with Gasteiger partial charge >= 0.3 is 6.09 Å². The van der Waals surface area contributed by atoms with E-state index in [2.05, 4.69) is 15.3 Å². The molecule has 0 unspecified atom stereocenters. The minimum Gasteiger partial charge on any atom is -0.463 e. The summed E-state index contributed by atoms with van der Waals surface area (Å²) < 4.78 is 0.780. The van der Waals surface area contributed by atoms with Crippen LogP contribution in [0.25, 0.3) is 11.4 Å². The zero-order valence-corrected chi connectivity index (χ0v) is 7.03. The first-order valence-electron chi connectivity index (χ1n) is 3.84. The largest absolute Gasteiger partial charge is 0.463 e. The lowest BCUT2D eigenvalue weighted by Crippen LogP contribution is -2.11. The Balaban J connectivity index is 2.52. The first kappa shape index (κ1) is 8.36. The van der Waals surface area contributed by atoms with Crippen LogP contribution in [0.2, 0.25) is 0 Å². The summed E-state index contributed by atoms with van der Waals surface area (Å²) in [5.41, 5.74) is 0.887. The molecular formula is C8H6N4O2. The normalized spacial score (nSPS) is 10.0. The SMILES string of the molecule is O=C(O)n1nncc1-c1ccccn1. The predicted molar refractivity (Wildman–Crippen MR) is 46.7 cm³/mol. The van der Waals surface area contributed by atoms with Crippen molar-refractivity contribution in [1.82, 2.24) is 20.0 Å². The molecule has 6 heteroatoms. The molecule has 0 spiro atoms. The van der Waals surface area contributed by atoms with E-state index in [0.29, 0.717) is 11.4 Å². The number of rotatable bonds is 1. The van der Waals surface area contributed by atoms with Crippen LogP contribution in [0.4, 0.5) is 4.79 Å². The first-order valence-corrected chi connectivity index (χ1v) is 3.84. The van der Waals surface area contributed by atoms with Gasteiger partial charge in [-0.05, 0) is 12.1 Å². The van der Waals surface area contributed by atoms with E-state index in [1.54, 1.807) is 24.4 Å². The second-order valence-corrected chi connectivity index (χ2v) is 2.53. The lowest BCUT2D eigenvalue weighted by Gasteiger charge is -1.98. The topological polar surface area (TPSA) is 80.9 Å². The molecule has 2 heterocycles. The average Bonchev–Trinajstić information content (AvgIpc) is 2.67. The molecule has 0 aromatic carbocycles. The van der Waals surface area contributed by atoms with Crippen molar-refractivity contribution in [2.45, 2.75) is 0 Å². The quantitative estimate of drug-likeness (QED) is 0.721. The summed E-state index contributed by atoms with van der Waals surface area (Å²) in [5, 5.41) is 15.7. The van der Waals surface area contributed by atoms with Gasteiger partial charge in [0.05, 0.1) is 11.9 Å². The van der Waals surface area contributed by atoms with Gasteiger partial charge in [-0.2, -0.15) is 0 Å². The van der Waals surface area contributed by atoms with Gasteiger partial charge in [0.1, 0.15) is 5.69 Å². The molecule has 0 saturated heterocycles. The molecule has 0 aliphatic carbocycles. The van der Waals surface area contributed by atoms with Crippen LogP contribution in [0, 0.1) is 0 Å². The van der Waals surface area contributed by atoms with E-state index in [1.165, 1.54) is 6.20 Å². The van der Waals surface area contributed by atoms with Crippen molar-refractivity contribution in [1.29, 1.82) is 0 Å². The molecule has 0 aliphatic rings. The number of pyridine rings is 1. The van der Waals surface area contributed by atoms with Gasteiger partial charge in [-0.15, -0.1) is 9.78 Å². The van der Waals surface area contributed by atoms with Crippen LogP contribution in [-0.4, -0.2) is 31.2 Å². The van der Waals surface area contributed by atoms with Crippen LogP contribution in [0.1, 0.15) is 0 Å². The minimum absolute atomic E-state index is 0.359. The highest BCUT2D eigenvalue weighted by Gasteiger charge is 2.12. The molecule has 0 saturated carbocycles. The number of nitrogens with zero attached hydrogens (tertiary/aromatic N) is 4. The Bertz CT molecular complexity index is 451. The predicted octanol–water partition coefficient (Wildman–Crippen LogP) is 0.866. The second-order valence-electron chi connectivity index (χ2n) is 2.53. The maximum atomic E-state index is 10.7. The maximum Gasteiger partial charge on any atom is 0.434 e. The summed E-state index contributed by atoms with van der Waals surface area (Å²) in [6.45, 7) is 0. The van der Waals surface area contributed by atoms with Crippen molar-refractivity contribution < 1.29 is 9.90 Å². The van der Waals surface area contributed by atoms with E-state index in [4.69, 9.17) is 5.11 Å². The standard InChI is InChI=1S/C8H6N4O2/c13-8(14)12-7(5-10-11-12)6-3-1-2-4-9-6/h1-5H,(H,13,14). The number of hydrogen-bond donors (Lipinski definition) is 1. The van der Waals surface area contributed by atoms with Gasteiger partial charge in [-0.1, -0.05) is 11.3 Å². The van der Waals surface area contributed by atoms with E-state index >= 15 is 0 Å². The first-order chi connectivity index (χ1) is 6.79. The van der Waals surface area contributed by atoms with Crippen LogP contribution in [0.3, 0.4) is 0 Å². The van der Waals surface area contributed by atoms with Gasteiger partial charge in [-0.25, -0.2) is 4.79 Å². The second kappa shape index (κ2) is 3.25. The third-order valence-electron chi connectivity index (χ3n) is 1.66. The molecule has 2 aromatic heterocycles. The van der Waals surface area contributed by atoms with Crippen LogP contribution < -0.4 is 0 Å². The van der Waals surface area contributed by atoms with Gasteiger partial charge in [0, 0.05) is 6.20 Å². The van der Waals surface area contributed by atoms with E-state index in [-0.39, 0.29) is 0 Å². The summed E-state index contributed by atoms with van der Waals surface area (Å²) in [6.07, 6.45) is 1.76. The fourth-order valence-corrected chi connectivity index (χ4v) is 1.07. The van der Waals surface area contributed by atoms with E-state index in [0.717, 1.165) is 4.68 Å². The van der Waals surface area contributed by atoms with Crippen molar-refractivity contribution in [3.8, 4) is 11.4 Å². The molecule has 0 atom stereocenters. The molecule has 0 aliphatic heterocycles. The molecule has 14 heavy (non-hydrogen) atoms. The summed E-state index contributed by atoms with van der Waals surface area (Å²) in [7, 11) is 0. The average molecular weight is 190 g/mol. The molecule has 2 rings (SSSR count). The van der Waals surface area contributed by atoms with Crippen LogP contribution in [0.5, 0.6) is 0 Å². The molecule has 0 radical (unpaired) electrons. The van der Waals surface area contributed by atoms with Gasteiger partial charge in [-0.3, -0.25) is 4.98 Å². The van der Waals surface area contributed by atoms with Gasteiger partial charge in [0.15, 0.2) is 0 Å². The van der Waals surface area contributed by atoms with Gasteiger partial charge in [0.2, 0.25) is 0 Å². The van der Waals surface area contributed by atoms with Crippen molar-refractivity contribution >= 4 is 6.09 Å². The fourth-order valence-electron chi connectivity index (χ4n) is 1.07. The summed E-state index contributed by atoms with van der Waals surface area (Å²) in [4.78, 5) is 14.7. The Hall–Kier alpha value is -2.24. The molecule has 1 N–H and O–H groups in total. The third kappa shape index (κ3) is 1.33. The van der Waals surface area contributed by atoms with Crippen molar-refractivity contribution in [2.24, 2.45) is 0 Å². The molecule has 70 valence electrons. The zero-order chi connectivity index (χ0) is 9.97.